The maximum absolute atomic E-state index is 12.5. The highest BCUT2D eigenvalue weighted by Gasteiger charge is 2.33. The summed E-state index contributed by atoms with van der Waals surface area (Å²) >= 11 is 5.99. The number of carbonyl (C=O) groups excluding carboxylic acids is 1. The number of hydrogen-bond donors (Lipinski definition) is 1. The topological polar surface area (TPSA) is 78.5 Å². The Bertz CT molecular complexity index is 903. The summed E-state index contributed by atoms with van der Waals surface area (Å²) in [6.45, 7) is 0.326. The number of nitrogens with zero attached hydrogens (tertiary/aromatic N) is 3. The van der Waals surface area contributed by atoms with Crippen LogP contribution >= 0.6 is 11.6 Å². The predicted octanol–water partition coefficient (Wildman–Crippen LogP) is 2.17. The molecule has 1 aliphatic rings. The van der Waals surface area contributed by atoms with Gasteiger partial charge >= 0.3 is 6.36 Å². The third-order valence-electron chi connectivity index (χ3n) is 3.98. The molecule has 1 N–H and O–H groups in total. The molecule has 2 heterocycles. The smallest absolute Gasteiger partial charge is 0.405 e. The van der Waals surface area contributed by atoms with Crippen molar-refractivity contribution in [1.29, 1.82) is 0 Å². The van der Waals surface area contributed by atoms with Crippen molar-refractivity contribution < 1.29 is 22.7 Å². The average Bonchev–Trinajstić information content (AvgIpc) is 2.57. The molecule has 1 fully saturated rings. The minimum absolute atomic E-state index is 0.0423. The van der Waals surface area contributed by atoms with E-state index in [1.54, 1.807) is 6.07 Å². The van der Waals surface area contributed by atoms with Crippen LogP contribution < -0.4 is 15.2 Å². The molecule has 1 aliphatic heterocycles. The Hall–Kier alpha value is -2.75. The van der Waals surface area contributed by atoms with E-state index in [9.17, 15) is 22.8 Å². The number of aromatic nitrogens is 2. The lowest BCUT2D eigenvalue weighted by Gasteiger charge is -2.35. The number of ether oxygens (including phenoxy) is 1. The van der Waals surface area contributed by atoms with E-state index in [4.69, 9.17) is 11.6 Å². The summed E-state index contributed by atoms with van der Waals surface area (Å²) in [5, 5.41) is 5.94. The van der Waals surface area contributed by atoms with Crippen LogP contribution in [0.2, 0.25) is 5.02 Å². The molecule has 0 spiro atoms. The first-order valence-corrected chi connectivity index (χ1v) is 8.22. The van der Waals surface area contributed by atoms with Gasteiger partial charge in [-0.25, -0.2) is 5.10 Å². The van der Waals surface area contributed by atoms with Gasteiger partial charge in [-0.15, -0.1) is 13.2 Å². The van der Waals surface area contributed by atoms with Crippen LogP contribution in [0.3, 0.4) is 0 Å². The summed E-state index contributed by atoms with van der Waals surface area (Å²) in [4.78, 5) is 27.3. The number of alkyl halides is 3. The van der Waals surface area contributed by atoms with Crippen LogP contribution in [0, 0.1) is 0 Å². The lowest BCUT2D eigenvalue weighted by molar-refractivity contribution is -0.275. The van der Waals surface area contributed by atoms with Gasteiger partial charge < -0.3 is 14.5 Å². The second-order valence-electron chi connectivity index (χ2n) is 5.79. The molecule has 7 nitrogen and oxygen atoms in total. The number of rotatable bonds is 4. The molecule has 0 atom stereocenters. The zero-order valence-electron chi connectivity index (χ0n) is 13.8. The van der Waals surface area contributed by atoms with Gasteiger partial charge in [-0.05, 0) is 6.07 Å². The molecular formula is C16H14ClF3N4O3. The van der Waals surface area contributed by atoms with Gasteiger partial charge in [0.05, 0.1) is 17.8 Å². The number of carbonyl (C=O) groups is 1. The Morgan fingerprint density at radius 2 is 1.96 bits per heavy atom. The lowest BCUT2D eigenvalue weighted by atomic mass is 10.1. The number of H-pyrrole nitrogens is 1. The van der Waals surface area contributed by atoms with Crippen molar-refractivity contribution in [2.75, 3.05) is 24.5 Å². The van der Waals surface area contributed by atoms with Crippen molar-refractivity contribution in [3.8, 4) is 5.75 Å². The van der Waals surface area contributed by atoms with Crippen LogP contribution in [0.5, 0.6) is 5.75 Å². The van der Waals surface area contributed by atoms with Gasteiger partial charge in [0.2, 0.25) is 5.91 Å². The van der Waals surface area contributed by atoms with Crippen molar-refractivity contribution in [2.24, 2.45) is 0 Å². The molecule has 0 saturated carbocycles. The third-order valence-corrected chi connectivity index (χ3v) is 4.26. The quantitative estimate of drug-likeness (QED) is 0.848. The molecule has 1 saturated heterocycles. The average molecular weight is 403 g/mol. The van der Waals surface area contributed by atoms with E-state index in [-0.39, 0.29) is 47.6 Å². The van der Waals surface area contributed by atoms with Crippen LogP contribution in [0.1, 0.15) is 5.56 Å². The summed E-state index contributed by atoms with van der Waals surface area (Å²) in [5.74, 6) is -0.704. The number of para-hydroxylation sites is 1. The number of amides is 1. The number of piperazine rings is 1. The Kier molecular flexibility index (Phi) is 5.26. The maximum atomic E-state index is 12.5. The van der Waals surface area contributed by atoms with Gasteiger partial charge in [0.25, 0.3) is 5.56 Å². The molecule has 1 aromatic carbocycles. The monoisotopic (exact) mass is 402 g/mol. The van der Waals surface area contributed by atoms with Crippen LogP contribution in [0.15, 0.2) is 35.3 Å². The molecule has 0 radical (unpaired) electrons. The molecular weight excluding hydrogens is 389 g/mol. The van der Waals surface area contributed by atoms with Crippen LogP contribution in [0.25, 0.3) is 0 Å². The molecule has 1 aromatic heterocycles. The normalized spacial score (nSPS) is 15.2. The van der Waals surface area contributed by atoms with E-state index in [0.717, 1.165) is 0 Å². The molecule has 144 valence electrons. The van der Waals surface area contributed by atoms with Gasteiger partial charge in [0, 0.05) is 25.2 Å². The number of nitrogens with one attached hydrogen (secondary N) is 1. The molecule has 11 heteroatoms. The number of aromatic amines is 1. The molecule has 3 rings (SSSR count). The number of benzene rings is 1. The maximum Gasteiger partial charge on any atom is 0.573 e. The highest BCUT2D eigenvalue weighted by Crippen LogP contribution is 2.28. The fourth-order valence-electron chi connectivity index (χ4n) is 2.80. The van der Waals surface area contributed by atoms with Crippen LogP contribution in [-0.4, -0.2) is 47.0 Å². The second-order valence-corrected chi connectivity index (χ2v) is 6.20. The van der Waals surface area contributed by atoms with Crippen molar-refractivity contribution in [2.45, 2.75) is 12.9 Å². The largest absolute Gasteiger partial charge is 0.573 e. The number of hydrogen-bond acceptors (Lipinski definition) is 5. The fourth-order valence-corrected chi connectivity index (χ4v) is 3.05. The summed E-state index contributed by atoms with van der Waals surface area (Å²) < 4.78 is 41.6. The van der Waals surface area contributed by atoms with E-state index in [2.05, 4.69) is 14.9 Å². The fraction of sp³-hybridized carbons (Fsp3) is 0.312. The van der Waals surface area contributed by atoms with E-state index < -0.39 is 11.9 Å². The summed E-state index contributed by atoms with van der Waals surface area (Å²) in [6.07, 6.45) is -3.56. The Morgan fingerprint density at radius 1 is 1.22 bits per heavy atom. The van der Waals surface area contributed by atoms with E-state index in [1.807, 2.05) is 0 Å². The lowest BCUT2D eigenvalue weighted by Crippen LogP contribution is -2.51. The van der Waals surface area contributed by atoms with Crippen LogP contribution in [-0.2, 0) is 11.3 Å². The Balaban J connectivity index is 1.73. The molecule has 27 heavy (non-hydrogen) atoms. The highest BCUT2D eigenvalue weighted by molar-refractivity contribution is 6.33. The first kappa shape index (κ1) is 19.0. The predicted molar refractivity (Wildman–Crippen MR) is 90.6 cm³/mol. The minimum Gasteiger partial charge on any atom is -0.405 e. The van der Waals surface area contributed by atoms with Crippen molar-refractivity contribution >= 4 is 23.2 Å². The van der Waals surface area contributed by atoms with Gasteiger partial charge in [-0.1, -0.05) is 29.8 Å². The molecule has 0 aliphatic carbocycles. The second kappa shape index (κ2) is 7.47. The highest BCUT2D eigenvalue weighted by atomic mass is 35.5. The third kappa shape index (κ3) is 4.51. The van der Waals surface area contributed by atoms with Crippen molar-refractivity contribution in [3.63, 3.8) is 0 Å². The van der Waals surface area contributed by atoms with Crippen molar-refractivity contribution in [1.82, 2.24) is 15.1 Å². The number of anilines is 1. The zero-order chi connectivity index (χ0) is 19.6. The standard InChI is InChI=1S/C16H14ClF3N4O3/c17-11-7-21-22-15(26)14(11)24-6-5-23(13(25)9-24)8-10-3-1-2-4-12(10)27-16(18,19)20/h1-4,7H,5-6,8-9H2,(H,22,26). The van der Waals surface area contributed by atoms with Gasteiger partial charge in [0.1, 0.15) is 11.4 Å². The number of halogens is 4. The Labute approximate surface area is 156 Å². The van der Waals surface area contributed by atoms with Gasteiger partial charge in [-0.2, -0.15) is 5.10 Å². The van der Waals surface area contributed by atoms with E-state index in [1.165, 1.54) is 34.2 Å². The van der Waals surface area contributed by atoms with Gasteiger partial charge in [-0.3, -0.25) is 9.59 Å². The van der Waals surface area contributed by atoms with Gasteiger partial charge in [0.15, 0.2) is 0 Å². The zero-order valence-corrected chi connectivity index (χ0v) is 14.5. The molecule has 0 bridgehead atoms. The summed E-state index contributed by atoms with van der Waals surface area (Å²) in [5.41, 5.74) is -0.149. The SMILES string of the molecule is O=C1CN(c2c(Cl)cn[nH]c2=O)CCN1Cc1ccccc1OC(F)(F)F. The molecule has 2 aromatic rings. The minimum atomic E-state index is -4.82. The molecule has 1 amide bonds. The first-order chi connectivity index (χ1) is 12.7. The van der Waals surface area contributed by atoms with Crippen molar-refractivity contribution in [3.05, 3.63) is 51.4 Å². The summed E-state index contributed by atoms with van der Waals surface area (Å²) in [7, 11) is 0. The first-order valence-electron chi connectivity index (χ1n) is 7.84. The summed E-state index contributed by atoms with van der Waals surface area (Å²) in [6, 6.07) is 5.64. The molecule has 0 unspecified atom stereocenters. The van der Waals surface area contributed by atoms with E-state index >= 15 is 0 Å². The Morgan fingerprint density at radius 3 is 2.63 bits per heavy atom. The van der Waals surface area contributed by atoms with Crippen LogP contribution in [0.4, 0.5) is 18.9 Å². The van der Waals surface area contributed by atoms with E-state index in [0.29, 0.717) is 6.54 Å².